The molecule has 3 fully saturated rings. The van der Waals surface area contributed by atoms with Crippen LogP contribution in [-0.4, -0.2) is 68.9 Å². The molecule has 6 nitrogen and oxygen atoms in total. The van der Waals surface area contributed by atoms with Gasteiger partial charge in [0.2, 0.25) is 5.91 Å². The van der Waals surface area contributed by atoms with Gasteiger partial charge in [-0.2, -0.15) is 13.2 Å². The number of likely N-dealkylation sites (tertiary alicyclic amines) is 2. The molecule has 0 N–H and O–H groups in total. The summed E-state index contributed by atoms with van der Waals surface area (Å²) in [7, 11) is 2.04. The topological polar surface area (TPSA) is 54.3 Å². The van der Waals surface area contributed by atoms with Gasteiger partial charge in [-0.05, 0) is 74.2 Å². The molecule has 1 saturated carbocycles. The van der Waals surface area contributed by atoms with Crippen LogP contribution in [0.1, 0.15) is 67.8 Å². The number of rotatable bonds is 7. The number of piperidine rings is 1. The van der Waals surface area contributed by atoms with Gasteiger partial charge in [0.05, 0.1) is 5.56 Å². The van der Waals surface area contributed by atoms with E-state index in [-0.39, 0.29) is 11.3 Å². The third-order valence-electron chi connectivity index (χ3n) is 8.32. The lowest BCUT2D eigenvalue weighted by molar-refractivity contribution is -0.137. The van der Waals surface area contributed by atoms with E-state index in [2.05, 4.69) is 19.7 Å². The summed E-state index contributed by atoms with van der Waals surface area (Å²) in [5, 5.41) is 9.83. The van der Waals surface area contributed by atoms with Crippen LogP contribution in [0.5, 0.6) is 0 Å². The Bertz CT molecular complexity index is 1080. The molecule has 10 heteroatoms. The highest BCUT2D eigenvalue weighted by molar-refractivity contribution is 7.99. The minimum absolute atomic E-state index is 0.142. The highest BCUT2D eigenvalue weighted by Crippen LogP contribution is 2.64. The number of carbonyl (C=O) groups excluding carboxylic acids is 1. The van der Waals surface area contributed by atoms with E-state index >= 15 is 0 Å². The van der Waals surface area contributed by atoms with Gasteiger partial charge in [0.15, 0.2) is 5.16 Å². The molecular weight excluding hydrogens is 487 g/mol. The van der Waals surface area contributed by atoms with E-state index in [1.807, 2.05) is 11.9 Å². The van der Waals surface area contributed by atoms with Gasteiger partial charge in [-0.1, -0.05) is 23.9 Å². The number of alkyl halides is 3. The summed E-state index contributed by atoms with van der Waals surface area (Å²) in [6.45, 7) is 6.33. The lowest BCUT2D eigenvalue weighted by atomic mass is 9.96. The Labute approximate surface area is 214 Å². The average Bonchev–Trinajstić information content (AvgIpc) is 3.20. The van der Waals surface area contributed by atoms with Crippen LogP contribution in [0.4, 0.5) is 13.2 Å². The van der Waals surface area contributed by atoms with Crippen molar-refractivity contribution >= 4 is 17.7 Å². The number of hydrogen-bond donors (Lipinski definition) is 0. The molecule has 2 aliphatic heterocycles. The quantitative estimate of drug-likeness (QED) is 0.382. The zero-order valence-corrected chi connectivity index (χ0v) is 21.7. The number of hydrogen-bond acceptors (Lipinski definition) is 5. The van der Waals surface area contributed by atoms with Gasteiger partial charge < -0.3 is 14.4 Å². The first-order valence-electron chi connectivity index (χ1n) is 12.8. The lowest BCUT2D eigenvalue weighted by Crippen LogP contribution is -2.36. The summed E-state index contributed by atoms with van der Waals surface area (Å²) in [5.41, 5.74) is 0.731. The number of amides is 1. The largest absolute Gasteiger partial charge is 0.416 e. The molecule has 1 spiro atoms. The van der Waals surface area contributed by atoms with Crippen molar-refractivity contribution in [2.24, 2.45) is 12.5 Å². The minimum Gasteiger partial charge on any atom is -0.343 e. The maximum absolute atomic E-state index is 12.9. The average molecular weight is 522 g/mol. The van der Waals surface area contributed by atoms with Crippen molar-refractivity contribution in [2.45, 2.75) is 62.2 Å². The predicted octanol–water partition coefficient (Wildman–Crippen LogP) is 4.92. The molecule has 36 heavy (non-hydrogen) atoms. The summed E-state index contributed by atoms with van der Waals surface area (Å²) < 4.78 is 40.7. The fourth-order valence-electron chi connectivity index (χ4n) is 6.06. The van der Waals surface area contributed by atoms with Crippen molar-refractivity contribution in [3.63, 3.8) is 0 Å². The second-order valence-corrected chi connectivity index (χ2v) is 11.7. The fraction of sp³-hybridized carbons (Fsp3) is 0.654. The van der Waals surface area contributed by atoms with E-state index in [1.54, 1.807) is 30.8 Å². The summed E-state index contributed by atoms with van der Waals surface area (Å²) in [6.07, 6.45) is 0.853. The van der Waals surface area contributed by atoms with E-state index in [0.29, 0.717) is 11.8 Å². The first kappa shape index (κ1) is 25.6. The van der Waals surface area contributed by atoms with Crippen molar-refractivity contribution in [1.29, 1.82) is 0 Å². The number of aromatic nitrogens is 3. The van der Waals surface area contributed by atoms with Crippen LogP contribution >= 0.6 is 11.8 Å². The van der Waals surface area contributed by atoms with E-state index < -0.39 is 11.7 Å². The fourth-order valence-corrected chi connectivity index (χ4v) is 6.90. The van der Waals surface area contributed by atoms with E-state index in [9.17, 15) is 18.0 Å². The van der Waals surface area contributed by atoms with Crippen molar-refractivity contribution in [1.82, 2.24) is 24.6 Å². The Hall–Kier alpha value is -2.07. The van der Waals surface area contributed by atoms with E-state index in [0.717, 1.165) is 87.1 Å². The van der Waals surface area contributed by atoms with Crippen LogP contribution in [0.15, 0.2) is 29.4 Å². The third-order valence-corrected chi connectivity index (χ3v) is 9.42. The predicted molar refractivity (Wildman–Crippen MR) is 133 cm³/mol. The molecular formula is C26H34F3N5OS. The third kappa shape index (κ3) is 5.30. The monoisotopic (exact) mass is 521 g/mol. The SMILES string of the molecule is CC(=O)N1CCC(c2nnc(SCCCN3CCC4(C[C@@H]4c4ccc(C(F)(F)F)cc4)C3)n2C)CC1. The lowest BCUT2D eigenvalue weighted by Gasteiger charge is -2.30. The maximum Gasteiger partial charge on any atom is 0.416 e. The van der Waals surface area contributed by atoms with Crippen molar-refractivity contribution in [3.8, 4) is 0 Å². The van der Waals surface area contributed by atoms with Crippen LogP contribution in [0.2, 0.25) is 0 Å². The number of thioether (sulfide) groups is 1. The zero-order chi connectivity index (χ0) is 25.5. The highest BCUT2D eigenvalue weighted by Gasteiger charge is 2.57. The van der Waals surface area contributed by atoms with Gasteiger partial charge in [0, 0.05) is 45.3 Å². The highest BCUT2D eigenvalue weighted by atomic mass is 32.2. The van der Waals surface area contributed by atoms with Gasteiger partial charge >= 0.3 is 6.18 Å². The summed E-state index contributed by atoms with van der Waals surface area (Å²) in [4.78, 5) is 16.0. The molecule has 196 valence electrons. The maximum atomic E-state index is 12.9. The number of halogens is 3. The molecule has 1 unspecified atom stereocenters. The van der Waals surface area contributed by atoms with Crippen LogP contribution in [-0.2, 0) is 18.0 Å². The van der Waals surface area contributed by atoms with E-state index in [4.69, 9.17) is 0 Å². The second kappa shape index (κ2) is 10.0. The summed E-state index contributed by atoms with van der Waals surface area (Å²) >= 11 is 1.74. The van der Waals surface area contributed by atoms with E-state index in [1.165, 1.54) is 12.1 Å². The summed E-state index contributed by atoms with van der Waals surface area (Å²) in [5.74, 6) is 2.87. The number of nitrogens with zero attached hydrogens (tertiary/aromatic N) is 5. The molecule has 2 atom stereocenters. The molecule has 5 rings (SSSR count). The Kier molecular flexibility index (Phi) is 7.11. The van der Waals surface area contributed by atoms with Crippen molar-refractivity contribution in [3.05, 3.63) is 41.2 Å². The molecule has 2 saturated heterocycles. The Balaban J connectivity index is 1.05. The van der Waals surface area contributed by atoms with Crippen molar-refractivity contribution < 1.29 is 18.0 Å². The zero-order valence-electron chi connectivity index (χ0n) is 20.9. The van der Waals surface area contributed by atoms with Gasteiger partial charge in [-0.15, -0.1) is 10.2 Å². The normalized spacial score (nSPS) is 25.1. The van der Waals surface area contributed by atoms with Crippen LogP contribution in [0, 0.1) is 5.41 Å². The van der Waals surface area contributed by atoms with Crippen LogP contribution in [0.25, 0.3) is 0 Å². The van der Waals surface area contributed by atoms with Crippen LogP contribution in [0.3, 0.4) is 0 Å². The van der Waals surface area contributed by atoms with Gasteiger partial charge in [0.1, 0.15) is 5.82 Å². The van der Waals surface area contributed by atoms with Crippen LogP contribution < -0.4 is 0 Å². The smallest absolute Gasteiger partial charge is 0.343 e. The standard InChI is InChI=1S/C26H34F3N5OS/c1-18(35)34-12-8-20(9-13-34)23-30-31-24(32(23)2)36-15-3-11-33-14-10-25(17-33)16-22(25)19-4-6-21(7-5-19)26(27,28)29/h4-7,20,22H,3,8-17H2,1-2H3/t22-,25?/m1/s1. The number of benzene rings is 1. The summed E-state index contributed by atoms with van der Waals surface area (Å²) in [6, 6.07) is 5.78. The van der Waals surface area contributed by atoms with Gasteiger partial charge in [-0.3, -0.25) is 4.79 Å². The second-order valence-electron chi connectivity index (χ2n) is 10.6. The Morgan fingerprint density at radius 3 is 2.53 bits per heavy atom. The molecule has 1 aliphatic carbocycles. The van der Waals surface area contributed by atoms with Gasteiger partial charge in [0.25, 0.3) is 0 Å². The molecule has 2 aromatic rings. The first-order valence-corrected chi connectivity index (χ1v) is 13.8. The Morgan fingerprint density at radius 2 is 1.86 bits per heavy atom. The minimum atomic E-state index is -4.28. The number of carbonyl (C=O) groups is 1. The molecule has 3 heterocycles. The van der Waals surface area contributed by atoms with Crippen molar-refractivity contribution in [2.75, 3.05) is 38.5 Å². The molecule has 3 aliphatic rings. The molecule has 1 aromatic heterocycles. The van der Waals surface area contributed by atoms with Gasteiger partial charge in [-0.25, -0.2) is 0 Å². The molecule has 0 bridgehead atoms. The first-order chi connectivity index (χ1) is 17.2. The Morgan fingerprint density at radius 1 is 1.14 bits per heavy atom. The molecule has 1 aromatic carbocycles. The molecule has 1 amide bonds. The molecule has 0 radical (unpaired) electrons.